The van der Waals surface area contributed by atoms with E-state index in [1.165, 1.54) is 6.20 Å². The summed E-state index contributed by atoms with van der Waals surface area (Å²) in [6.07, 6.45) is 1.71. The van der Waals surface area contributed by atoms with Gasteiger partial charge >= 0.3 is 0 Å². The van der Waals surface area contributed by atoms with Gasteiger partial charge < -0.3 is 29.7 Å². The van der Waals surface area contributed by atoms with E-state index in [1.54, 1.807) is 38.3 Å². The van der Waals surface area contributed by atoms with Gasteiger partial charge in [-0.25, -0.2) is 4.98 Å². The van der Waals surface area contributed by atoms with Crippen LogP contribution >= 0.6 is 11.6 Å². The van der Waals surface area contributed by atoms with Gasteiger partial charge in [0, 0.05) is 31.8 Å². The van der Waals surface area contributed by atoms with Crippen LogP contribution in [0.4, 0.5) is 17.5 Å². The minimum Gasteiger partial charge on any atom is -0.496 e. The van der Waals surface area contributed by atoms with Gasteiger partial charge in [-0.3, -0.25) is 4.79 Å². The molecule has 0 atom stereocenters. The minimum absolute atomic E-state index is 0.0223. The van der Waals surface area contributed by atoms with Gasteiger partial charge in [0.2, 0.25) is 11.9 Å². The number of rotatable bonds is 7. The Labute approximate surface area is 174 Å². The second kappa shape index (κ2) is 9.62. The van der Waals surface area contributed by atoms with E-state index >= 15 is 0 Å². The first kappa shape index (κ1) is 20.9. The average Bonchev–Trinajstić information content (AvgIpc) is 2.76. The summed E-state index contributed by atoms with van der Waals surface area (Å²) in [6.45, 7) is 2.31. The summed E-state index contributed by atoms with van der Waals surface area (Å²) in [5.74, 6) is 1.98. The molecule has 1 aliphatic rings. The fourth-order valence-electron chi connectivity index (χ4n) is 3.01. The van der Waals surface area contributed by atoms with Gasteiger partial charge in [-0.1, -0.05) is 11.6 Å². The van der Waals surface area contributed by atoms with Crippen molar-refractivity contribution in [2.24, 2.45) is 0 Å². The molecule has 2 aromatic rings. The molecule has 1 fully saturated rings. The second-order valence-electron chi connectivity index (χ2n) is 6.30. The number of aromatic nitrogens is 2. The molecule has 0 unspecified atom stereocenters. The zero-order valence-corrected chi connectivity index (χ0v) is 17.4. The van der Waals surface area contributed by atoms with E-state index in [1.807, 2.05) is 0 Å². The van der Waals surface area contributed by atoms with Crippen molar-refractivity contribution in [1.82, 2.24) is 14.9 Å². The number of hydrogen-bond donors (Lipinski definition) is 2. The van der Waals surface area contributed by atoms with Gasteiger partial charge in [-0.2, -0.15) is 4.98 Å². The van der Waals surface area contributed by atoms with E-state index in [4.69, 9.17) is 25.8 Å². The van der Waals surface area contributed by atoms with Crippen molar-refractivity contribution in [2.45, 2.75) is 6.42 Å². The normalized spacial score (nSPS) is 13.7. The average molecular weight is 422 g/mol. The molecule has 2 heterocycles. The van der Waals surface area contributed by atoms with Crippen LogP contribution in [0.15, 0.2) is 18.3 Å². The highest BCUT2D eigenvalue weighted by Gasteiger charge is 2.20. The third-order valence-electron chi connectivity index (χ3n) is 4.54. The molecule has 1 aromatic carbocycles. The number of nitrogens with zero attached hydrogens (tertiary/aromatic N) is 3. The van der Waals surface area contributed by atoms with Crippen LogP contribution in [-0.4, -0.2) is 68.3 Å². The van der Waals surface area contributed by atoms with E-state index in [0.717, 1.165) is 5.56 Å². The second-order valence-corrected chi connectivity index (χ2v) is 6.71. The molecule has 1 aromatic heterocycles. The summed E-state index contributed by atoms with van der Waals surface area (Å²) in [4.78, 5) is 22.9. The minimum atomic E-state index is 0.0223. The third-order valence-corrected chi connectivity index (χ3v) is 4.81. The number of carbonyl (C=O) groups excluding carboxylic acids is 1. The summed E-state index contributed by atoms with van der Waals surface area (Å²) < 4.78 is 16.3. The Balaban J connectivity index is 1.84. The lowest BCUT2D eigenvalue weighted by molar-refractivity contribution is -0.134. The Bertz CT molecular complexity index is 874. The van der Waals surface area contributed by atoms with E-state index in [0.29, 0.717) is 60.3 Å². The number of benzene rings is 1. The van der Waals surface area contributed by atoms with Gasteiger partial charge in [0.25, 0.3) is 0 Å². The van der Waals surface area contributed by atoms with Crippen LogP contribution < -0.4 is 20.1 Å². The molecule has 0 spiro atoms. The first-order chi connectivity index (χ1) is 14.0. The summed E-state index contributed by atoms with van der Waals surface area (Å²) >= 11 is 6.04. The van der Waals surface area contributed by atoms with Gasteiger partial charge in [-0.15, -0.1) is 0 Å². The predicted octanol–water partition coefficient (Wildman–Crippen LogP) is 2.33. The number of anilines is 3. The molecule has 1 saturated heterocycles. The zero-order chi connectivity index (χ0) is 20.8. The van der Waals surface area contributed by atoms with Gasteiger partial charge in [0.1, 0.15) is 22.3 Å². The fraction of sp³-hybridized carbons (Fsp3) is 0.421. The van der Waals surface area contributed by atoms with E-state index in [2.05, 4.69) is 20.6 Å². The monoisotopic (exact) mass is 421 g/mol. The summed E-state index contributed by atoms with van der Waals surface area (Å²) in [5, 5.41) is 6.43. The molecule has 156 valence electrons. The highest BCUT2D eigenvalue weighted by atomic mass is 35.5. The summed E-state index contributed by atoms with van der Waals surface area (Å²) in [6, 6.07) is 3.55. The molecule has 1 aliphatic heterocycles. The lowest BCUT2D eigenvalue weighted by atomic mass is 10.1. The van der Waals surface area contributed by atoms with Gasteiger partial charge in [0.05, 0.1) is 45.7 Å². The van der Waals surface area contributed by atoms with E-state index in [9.17, 15) is 4.79 Å². The first-order valence-corrected chi connectivity index (χ1v) is 9.51. The van der Waals surface area contributed by atoms with Crippen molar-refractivity contribution < 1.29 is 19.0 Å². The number of amides is 1. The number of morpholine rings is 1. The van der Waals surface area contributed by atoms with Crippen LogP contribution in [0.25, 0.3) is 0 Å². The highest BCUT2D eigenvalue weighted by molar-refractivity contribution is 6.32. The standard InChI is InChI=1S/C19H24ClN5O4/c1-21-18-13(20)11-22-19(24-18)23-14-10-15(27-2)12(8-16(14)28-3)9-17(26)25-4-6-29-7-5-25/h8,10-11H,4-7,9H2,1-3H3,(H2,21,22,23,24). The maximum atomic E-state index is 12.6. The predicted molar refractivity (Wildman–Crippen MR) is 111 cm³/mol. The highest BCUT2D eigenvalue weighted by Crippen LogP contribution is 2.35. The van der Waals surface area contributed by atoms with Crippen LogP contribution in [0.3, 0.4) is 0 Å². The largest absolute Gasteiger partial charge is 0.496 e. The number of methoxy groups -OCH3 is 2. The number of ether oxygens (including phenoxy) is 3. The van der Waals surface area contributed by atoms with Gasteiger partial charge in [-0.05, 0) is 6.07 Å². The Morgan fingerprint density at radius 3 is 2.62 bits per heavy atom. The first-order valence-electron chi connectivity index (χ1n) is 9.13. The quantitative estimate of drug-likeness (QED) is 0.703. The fourth-order valence-corrected chi connectivity index (χ4v) is 3.19. The molecule has 0 radical (unpaired) electrons. The lowest BCUT2D eigenvalue weighted by Crippen LogP contribution is -2.41. The van der Waals surface area contributed by atoms with Crippen molar-refractivity contribution in [3.05, 3.63) is 28.9 Å². The van der Waals surface area contributed by atoms with Crippen molar-refractivity contribution in [2.75, 3.05) is 58.2 Å². The van der Waals surface area contributed by atoms with Gasteiger partial charge in [0.15, 0.2) is 0 Å². The molecule has 29 heavy (non-hydrogen) atoms. The zero-order valence-electron chi connectivity index (χ0n) is 16.6. The Morgan fingerprint density at radius 1 is 1.24 bits per heavy atom. The Kier molecular flexibility index (Phi) is 6.95. The third kappa shape index (κ3) is 4.99. The van der Waals surface area contributed by atoms with Crippen LogP contribution in [0.1, 0.15) is 5.56 Å². The molecule has 2 N–H and O–H groups in total. The lowest BCUT2D eigenvalue weighted by Gasteiger charge is -2.27. The van der Waals surface area contributed by atoms with Crippen molar-refractivity contribution in [1.29, 1.82) is 0 Å². The van der Waals surface area contributed by atoms with Crippen molar-refractivity contribution in [3.8, 4) is 11.5 Å². The summed E-state index contributed by atoms with van der Waals surface area (Å²) in [5.41, 5.74) is 1.34. The summed E-state index contributed by atoms with van der Waals surface area (Å²) in [7, 11) is 4.84. The van der Waals surface area contributed by atoms with E-state index in [-0.39, 0.29) is 12.3 Å². The van der Waals surface area contributed by atoms with Crippen molar-refractivity contribution in [3.63, 3.8) is 0 Å². The van der Waals surface area contributed by atoms with Crippen LogP contribution in [0.2, 0.25) is 5.02 Å². The number of carbonyl (C=O) groups is 1. The topological polar surface area (TPSA) is 97.8 Å². The maximum Gasteiger partial charge on any atom is 0.229 e. The number of nitrogens with one attached hydrogen (secondary N) is 2. The molecule has 10 heteroatoms. The molecule has 0 aliphatic carbocycles. The number of halogens is 1. The smallest absolute Gasteiger partial charge is 0.229 e. The molecular formula is C19H24ClN5O4. The van der Waals surface area contributed by atoms with Crippen molar-refractivity contribution >= 4 is 35.0 Å². The molecule has 0 saturated carbocycles. The molecule has 0 bridgehead atoms. The Morgan fingerprint density at radius 2 is 1.97 bits per heavy atom. The van der Waals surface area contributed by atoms with Crippen LogP contribution in [0, 0.1) is 0 Å². The molecule has 1 amide bonds. The van der Waals surface area contributed by atoms with Crippen LogP contribution in [0.5, 0.6) is 11.5 Å². The molecule has 3 rings (SSSR count). The maximum absolute atomic E-state index is 12.6. The Hall–Kier alpha value is -2.78. The SMILES string of the molecule is CNc1nc(Nc2cc(OC)c(CC(=O)N3CCOCC3)cc2OC)ncc1Cl. The molecule has 9 nitrogen and oxygen atoms in total. The molecular weight excluding hydrogens is 398 g/mol. The van der Waals surface area contributed by atoms with Crippen LogP contribution in [-0.2, 0) is 16.0 Å². The number of hydrogen-bond acceptors (Lipinski definition) is 8. The van der Waals surface area contributed by atoms with E-state index < -0.39 is 0 Å².